The molecule has 1 saturated heterocycles. The minimum absolute atomic E-state index is 0.265. The summed E-state index contributed by atoms with van der Waals surface area (Å²) in [6.07, 6.45) is 6.95. The van der Waals surface area contributed by atoms with Crippen LogP contribution in [0.1, 0.15) is 43.4 Å². The molecule has 2 N–H and O–H groups in total. The fraction of sp³-hybridized carbons (Fsp3) is 0.571. The first-order valence-corrected chi connectivity index (χ1v) is 6.72. The van der Waals surface area contributed by atoms with E-state index in [0.717, 1.165) is 30.6 Å². The van der Waals surface area contributed by atoms with E-state index in [-0.39, 0.29) is 5.91 Å². The van der Waals surface area contributed by atoms with Crippen LogP contribution in [-0.2, 0) is 17.9 Å². The second-order valence-corrected chi connectivity index (χ2v) is 4.79. The van der Waals surface area contributed by atoms with Crippen molar-refractivity contribution in [3.05, 3.63) is 29.6 Å². The molecule has 1 amide bonds. The Morgan fingerprint density at radius 3 is 2.94 bits per heavy atom. The van der Waals surface area contributed by atoms with Crippen LogP contribution >= 0.6 is 0 Å². The van der Waals surface area contributed by atoms with Crippen LogP contribution in [-0.4, -0.2) is 22.3 Å². The molecule has 1 aliphatic rings. The zero-order valence-corrected chi connectivity index (χ0v) is 10.8. The Morgan fingerprint density at radius 2 is 2.11 bits per heavy atom. The highest BCUT2D eigenvalue weighted by Gasteiger charge is 2.16. The summed E-state index contributed by atoms with van der Waals surface area (Å²) in [4.78, 5) is 18.3. The van der Waals surface area contributed by atoms with Crippen LogP contribution in [0.2, 0.25) is 0 Å². The number of carbonyl (C=O) groups excluding carboxylic acids is 1. The number of rotatable bonds is 3. The largest absolute Gasteiger partial charge is 0.338 e. The molecule has 0 atom stereocenters. The number of carbonyl (C=O) groups is 1. The Labute approximate surface area is 108 Å². The molecule has 0 aliphatic carbocycles. The number of nitrogens with two attached hydrogens (primary N) is 1. The van der Waals surface area contributed by atoms with E-state index in [1.807, 2.05) is 17.0 Å². The summed E-state index contributed by atoms with van der Waals surface area (Å²) in [6, 6.07) is 3.92. The highest BCUT2D eigenvalue weighted by molar-refractivity contribution is 5.76. The Bertz CT molecular complexity index is 406. The third kappa shape index (κ3) is 3.29. The maximum Gasteiger partial charge on any atom is 0.222 e. The fourth-order valence-electron chi connectivity index (χ4n) is 2.39. The van der Waals surface area contributed by atoms with Crippen LogP contribution < -0.4 is 5.73 Å². The van der Waals surface area contributed by atoms with E-state index in [1.165, 1.54) is 12.8 Å². The van der Waals surface area contributed by atoms with Crippen LogP contribution in [0.4, 0.5) is 0 Å². The highest BCUT2D eigenvalue weighted by Crippen LogP contribution is 2.15. The number of hydrogen-bond acceptors (Lipinski definition) is 3. The summed E-state index contributed by atoms with van der Waals surface area (Å²) < 4.78 is 0. The molecule has 1 aromatic rings. The number of pyridine rings is 1. The van der Waals surface area contributed by atoms with Crippen LogP contribution in [0.15, 0.2) is 18.3 Å². The van der Waals surface area contributed by atoms with Crippen molar-refractivity contribution in [3.63, 3.8) is 0 Å². The van der Waals surface area contributed by atoms with Gasteiger partial charge in [-0.1, -0.05) is 18.9 Å². The SMILES string of the molecule is NCc1ncccc1CN1CCCCCCC1=O. The number of amides is 1. The lowest BCUT2D eigenvalue weighted by atomic mass is 10.1. The lowest BCUT2D eigenvalue weighted by Crippen LogP contribution is -2.32. The van der Waals surface area contributed by atoms with Crippen LogP contribution in [0, 0.1) is 0 Å². The predicted molar refractivity (Wildman–Crippen MR) is 70.6 cm³/mol. The second kappa shape index (κ2) is 6.50. The average Bonchev–Trinajstić information content (AvgIpc) is 2.39. The van der Waals surface area contributed by atoms with Crippen molar-refractivity contribution >= 4 is 5.91 Å². The van der Waals surface area contributed by atoms with Gasteiger partial charge in [-0.3, -0.25) is 9.78 Å². The van der Waals surface area contributed by atoms with Gasteiger partial charge in [0.15, 0.2) is 0 Å². The lowest BCUT2D eigenvalue weighted by Gasteiger charge is -2.25. The molecule has 0 saturated carbocycles. The van der Waals surface area contributed by atoms with Gasteiger partial charge >= 0.3 is 0 Å². The van der Waals surface area contributed by atoms with Crippen molar-refractivity contribution in [2.24, 2.45) is 5.73 Å². The molecule has 2 rings (SSSR count). The van der Waals surface area contributed by atoms with Gasteiger partial charge in [0, 0.05) is 32.3 Å². The third-order valence-corrected chi connectivity index (χ3v) is 3.46. The van der Waals surface area contributed by atoms with Crippen molar-refractivity contribution in [2.45, 2.75) is 45.2 Å². The Kier molecular flexibility index (Phi) is 4.70. The lowest BCUT2D eigenvalue weighted by molar-refractivity contribution is -0.132. The molecule has 0 radical (unpaired) electrons. The van der Waals surface area contributed by atoms with Gasteiger partial charge in [0.05, 0.1) is 5.69 Å². The topological polar surface area (TPSA) is 59.2 Å². The summed E-state index contributed by atoms with van der Waals surface area (Å²) >= 11 is 0. The quantitative estimate of drug-likeness (QED) is 0.886. The zero-order chi connectivity index (χ0) is 12.8. The molecule has 2 heterocycles. The molecule has 4 heteroatoms. The smallest absolute Gasteiger partial charge is 0.222 e. The van der Waals surface area contributed by atoms with Crippen molar-refractivity contribution in [2.75, 3.05) is 6.54 Å². The van der Waals surface area contributed by atoms with E-state index in [9.17, 15) is 4.79 Å². The Hall–Kier alpha value is -1.42. The Balaban J connectivity index is 2.08. The summed E-state index contributed by atoms with van der Waals surface area (Å²) in [5.74, 6) is 0.265. The Morgan fingerprint density at radius 1 is 1.28 bits per heavy atom. The summed E-state index contributed by atoms with van der Waals surface area (Å²) in [5.41, 5.74) is 7.65. The fourth-order valence-corrected chi connectivity index (χ4v) is 2.39. The van der Waals surface area contributed by atoms with E-state index in [1.54, 1.807) is 6.20 Å². The molecule has 1 aromatic heterocycles. The zero-order valence-electron chi connectivity index (χ0n) is 10.8. The summed E-state index contributed by atoms with van der Waals surface area (Å²) in [5, 5.41) is 0. The molecule has 0 bridgehead atoms. The third-order valence-electron chi connectivity index (χ3n) is 3.46. The van der Waals surface area contributed by atoms with Gasteiger partial charge in [-0.2, -0.15) is 0 Å². The van der Waals surface area contributed by atoms with Crippen molar-refractivity contribution in [3.8, 4) is 0 Å². The number of aromatic nitrogens is 1. The molecule has 18 heavy (non-hydrogen) atoms. The first-order chi connectivity index (χ1) is 8.81. The number of nitrogens with zero attached hydrogens (tertiary/aromatic N) is 2. The second-order valence-electron chi connectivity index (χ2n) is 4.79. The van der Waals surface area contributed by atoms with Gasteiger partial charge in [-0.05, 0) is 24.5 Å². The molecule has 4 nitrogen and oxygen atoms in total. The van der Waals surface area contributed by atoms with Crippen molar-refractivity contribution in [1.82, 2.24) is 9.88 Å². The van der Waals surface area contributed by atoms with Crippen LogP contribution in [0.5, 0.6) is 0 Å². The maximum atomic E-state index is 12.0. The highest BCUT2D eigenvalue weighted by atomic mass is 16.2. The molecule has 98 valence electrons. The molecular weight excluding hydrogens is 226 g/mol. The van der Waals surface area contributed by atoms with Gasteiger partial charge in [0.25, 0.3) is 0 Å². The standard InChI is InChI=1S/C14H21N3O/c15-10-13-12(6-5-8-16-13)11-17-9-4-2-1-3-7-14(17)18/h5-6,8H,1-4,7,9-11,15H2. The normalized spacial score (nSPS) is 17.4. The minimum Gasteiger partial charge on any atom is -0.338 e. The van der Waals surface area contributed by atoms with Gasteiger partial charge in [0.1, 0.15) is 0 Å². The summed E-state index contributed by atoms with van der Waals surface area (Å²) in [6.45, 7) is 1.94. The van der Waals surface area contributed by atoms with Crippen LogP contribution in [0.25, 0.3) is 0 Å². The van der Waals surface area contributed by atoms with Crippen molar-refractivity contribution < 1.29 is 4.79 Å². The molecular formula is C14H21N3O. The van der Waals surface area contributed by atoms with Gasteiger partial charge < -0.3 is 10.6 Å². The van der Waals surface area contributed by atoms with E-state index >= 15 is 0 Å². The number of hydrogen-bond donors (Lipinski definition) is 1. The molecule has 1 fully saturated rings. The summed E-state index contributed by atoms with van der Waals surface area (Å²) in [7, 11) is 0. The minimum atomic E-state index is 0.265. The van der Waals surface area contributed by atoms with E-state index in [0.29, 0.717) is 19.5 Å². The van der Waals surface area contributed by atoms with Gasteiger partial charge in [-0.15, -0.1) is 0 Å². The predicted octanol–water partition coefficient (Wildman–Crippen LogP) is 1.83. The van der Waals surface area contributed by atoms with E-state index < -0.39 is 0 Å². The molecule has 0 spiro atoms. The molecule has 0 unspecified atom stereocenters. The van der Waals surface area contributed by atoms with Crippen molar-refractivity contribution in [1.29, 1.82) is 0 Å². The maximum absolute atomic E-state index is 12.0. The van der Waals surface area contributed by atoms with Gasteiger partial charge in [0.2, 0.25) is 5.91 Å². The monoisotopic (exact) mass is 247 g/mol. The molecule has 1 aliphatic heterocycles. The number of likely N-dealkylation sites (tertiary alicyclic amines) is 1. The first kappa shape index (κ1) is 13.0. The van der Waals surface area contributed by atoms with E-state index in [2.05, 4.69) is 4.98 Å². The molecule has 0 aromatic carbocycles. The first-order valence-electron chi connectivity index (χ1n) is 6.72. The van der Waals surface area contributed by atoms with E-state index in [4.69, 9.17) is 5.73 Å². The average molecular weight is 247 g/mol. The van der Waals surface area contributed by atoms with Gasteiger partial charge in [-0.25, -0.2) is 0 Å². The van der Waals surface area contributed by atoms with Crippen LogP contribution in [0.3, 0.4) is 0 Å².